The number of pyridine rings is 1. The monoisotopic (exact) mass is 511 g/mol. The molecule has 3 heterocycles. The van der Waals surface area contributed by atoms with Crippen molar-refractivity contribution in [2.45, 2.75) is 83.7 Å². The van der Waals surface area contributed by atoms with E-state index >= 15 is 0 Å². The molecule has 0 unspecified atom stereocenters. The van der Waals surface area contributed by atoms with E-state index in [0.29, 0.717) is 21.6 Å². The highest BCUT2D eigenvalue weighted by Gasteiger charge is 2.46. The van der Waals surface area contributed by atoms with Gasteiger partial charge in [0.05, 0.1) is 11.1 Å². The van der Waals surface area contributed by atoms with Crippen LogP contribution in [0.2, 0.25) is 21.6 Å². The summed E-state index contributed by atoms with van der Waals surface area (Å²) in [5.41, 5.74) is 4.86. The van der Waals surface area contributed by atoms with Crippen molar-refractivity contribution < 1.29 is 5.11 Å². The first-order chi connectivity index (χ1) is 16.7. The Labute approximate surface area is 217 Å². The number of benzene rings is 1. The standard InChI is InChI=1S/C29H42ClN3OSi/c1-20(2)35(21(3)4,22(5)6)33-16-14-25-27(26(30)17-31-29(25)33)28(34)24-13-10-15-32(19-24)18-23-11-8-7-9-12-23/h7-9,11-12,14,16-17,20-22,24,28,34H,10,13,15,18-19H2,1-6H3/t24-,28-/m0/s1. The molecule has 0 saturated carbocycles. The largest absolute Gasteiger partial charge is 0.388 e. The molecule has 0 bridgehead atoms. The van der Waals surface area contributed by atoms with Gasteiger partial charge in [0.1, 0.15) is 5.65 Å². The third-order valence-electron chi connectivity index (χ3n) is 8.43. The van der Waals surface area contributed by atoms with Gasteiger partial charge < -0.3 is 9.34 Å². The van der Waals surface area contributed by atoms with Crippen molar-refractivity contribution in [1.82, 2.24) is 14.1 Å². The molecule has 6 heteroatoms. The summed E-state index contributed by atoms with van der Waals surface area (Å²) in [6, 6.07) is 12.8. The fourth-order valence-corrected chi connectivity index (χ4v) is 13.9. The summed E-state index contributed by atoms with van der Waals surface area (Å²) in [4.78, 5) is 7.33. The number of piperidine rings is 1. The van der Waals surface area contributed by atoms with Gasteiger partial charge in [0.2, 0.25) is 0 Å². The number of aliphatic hydroxyl groups excluding tert-OH is 1. The first kappa shape index (κ1) is 26.4. The van der Waals surface area contributed by atoms with E-state index < -0.39 is 14.3 Å². The number of likely N-dealkylation sites (tertiary alicyclic amines) is 1. The number of halogens is 1. The van der Waals surface area contributed by atoms with E-state index in [1.165, 1.54) is 5.56 Å². The van der Waals surface area contributed by atoms with Crippen LogP contribution in [0.25, 0.3) is 11.0 Å². The molecule has 1 aliphatic rings. The topological polar surface area (TPSA) is 41.3 Å². The lowest BCUT2D eigenvalue weighted by Crippen LogP contribution is -2.51. The van der Waals surface area contributed by atoms with E-state index in [1.54, 1.807) is 6.20 Å². The van der Waals surface area contributed by atoms with Crippen LogP contribution in [-0.4, -0.2) is 40.5 Å². The van der Waals surface area contributed by atoms with Crippen LogP contribution in [0.1, 0.15) is 71.6 Å². The van der Waals surface area contributed by atoms with Gasteiger partial charge in [-0.25, -0.2) is 4.98 Å². The molecule has 1 aromatic carbocycles. The summed E-state index contributed by atoms with van der Waals surface area (Å²) in [7, 11) is -1.96. The minimum atomic E-state index is -1.96. The molecule has 0 aliphatic carbocycles. The Morgan fingerprint density at radius 2 is 1.69 bits per heavy atom. The zero-order chi connectivity index (χ0) is 25.3. The third-order valence-corrected chi connectivity index (χ3v) is 15.5. The molecule has 190 valence electrons. The number of aromatic nitrogens is 2. The fraction of sp³-hybridized carbons (Fsp3) is 0.552. The first-order valence-electron chi connectivity index (χ1n) is 13.3. The van der Waals surface area contributed by atoms with Gasteiger partial charge in [-0.05, 0) is 53.8 Å². The van der Waals surface area contributed by atoms with Gasteiger partial charge in [0, 0.05) is 36.2 Å². The number of rotatable bonds is 8. The van der Waals surface area contributed by atoms with Crippen LogP contribution in [0.5, 0.6) is 0 Å². The molecule has 3 aromatic rings. The second-order valence-corrected chi connectivity index (χ2v) is 17.5. The van der Waals surface area contributed by atoms with Gasteiger partial charge in [-0.3, -0.25) is 4.90 Å². The maximum Gasteiger partial charge on any atom is 0.171 e. The molecule has 35 heavy (non-hydrogen) atoms. The summed E-state index contributed by atoms with van der Waals surface area (Å²) in [5.74, 6) is 0.154. The molecule has 0 spiro atoms. The van der Waals surface area contributed by atoms with Crippen LogP contribution < -0.4 is 0 Å². The Balaban J connectivity index is 1.69. The smallest absolute Gasteiger partial charge is 0.171 e. The maximum atomic E-state index is 11.7. The fourth-order valence-electron chi connectivity index (χ4n) is 7.10. The number of aliphatic hydroxyl groups is 1. The van der Waals surface area contributed by atoms with Gasteiger partial charge >= 0.3 is 0 Å². The maximum absolute atomic E-state index is 11.7. The summed E-state index contributed by atoms with van der Waals surface area (Å²) >= 11 is 6.76. The van der Waals surface area contributed by atoms with Crippen molar-refractivity contribution in [2.75, 3.05) is 13.1 Å². The van der Waals surface area contributed by atoms with Crippen LogP contribution in [0.15, 0.2) is 48.8 Å². The van der Waals surface area contributed by atoms with Gasteiger partial charge in [0.25, 0.3) is 0 Å². The Kier molecular flexibility index (Phi) is 8.11. The van der Waals surface area contributed by atoms with Crippen LogP contribution in [0, 0.1) is 5.92 Å². The van der Waals surface area contributed by atoms with Crippen molar-refractivity contribution in [2.24, 2.45) is 5.92 Å². The highest BCUT2D eigenvalue weighted by atomic mass is 35.5. The lowest BCUT2D eigenvalue weighted by atomic mass is 9.87. The molecule has 1 saturated heterocycles. The Bertz CT molecular complexity index is 1110. The quantitative estimate of drug-likeness (QED) is 0.315. The molecule has 4 nitrogen and oxygen atoms in total. The minimum Gasteiger partial charge on any atom is -0.388 e. The predicted molar refractivity (Wildman–Crippen MR) is 151 cm³/mol. The van der Waals surface area contributed by atoms with Crippen LogP contribution in [-0.2, 0) is 6.54 Å². The number of hydrogen-bond acceptors (Lipinski definition) is 3. The molecule has 0 amide bonds. The first-order valence-corrected chi connectivity index (χ1v) is 15.8. The average molecular weight is 512 g/mol. The predicted octanol–water partition coefficient (Wildman–Crippen LogP) is 7.66. The number of hydrogen-bond donors (Lipinski definition) is 1. The molecule has 2 aromatic heterocycles. The second kappa shape index (κ2) is 10.8. The number of fused-ring (bicyclic) bond motifs is 1. The number of nitrogens with zero attached hydrogens (tertiary/aromatic N) is 3. The molecule has 1 aliphatic heterocycles. The van der Waals surface area contributed by atoms with Crippen LogP contribution >= 0.6 is 11.6 Å². The molecule has 1 N–H and O–H groups in total. The summed E-state index contributed by atoms with van der Waals surface area (Å²) in [6.07, 6.45) is 5.50. The molecule has 0 radical (unpaired) electrons. The lowest BCUT2D eigenvalue weighted by molar-refractivity contribution is 0.0485. The Hall–Kier alpha value is -1.66. The van der Waals surface area contributed by atoms with Gasteiger partial charge in [-0.2, -0.15) is 0 Å². The van der Waals surface area contributed by atoms with Crippen molar-refractivity contribution in [3.63, 3.8) is 0 Å². The summed E-state index contributed by atoms with van der Waals surface area (Å²) in [5, 5.41) is 13.3. The highest BCUT2D eigenvalue weighted by Crippen LogP contribution is 2.45. The summed E-state index contributed by atoms with van der Waals surface area (Å²) in [6.45, 7) is 17.1. The molecular weight excluding hydrogens is 470 g/mol. The second-order valence-electron chi connectivity index (χ2n) is 11.4. The summed E-state index contributed by atoms with van der Waals surface area (Å²) < 4.78 is 2.51. The van der Waals surface area contributed by atoms with Gasteiger partial charge in [-0.15, -0.1) is 0 Å². The van der Waals surface area contributed by atoms with Gasteiger partial charge in [0.15, 0.2) is 8.24 Å². The van der Waals surface area contributed by atoms with E-state index in [1.807, 2.05) is 0 Å². The third kappa shape index (κ3) is 4.85. The zero-order valence-corrected chi connectivity index (χ0v) is 24.0. The lowest BCUT2D eigenvalue weighted by Gasteiger charge is -2.44. The molecule has 2 atom stereocenters. The van der Waals surface area contributed by atoms with E-state index in [0.717, 1.165) is 49.1 Å². The van der Waals surface area contributed by atoms with Crippen molar-refractivity contribution >= 4 is 30.9 Å². The Morgan fingerprint density at radius 1 is 1.03 bits per heavy atom. The van der Waals surface area contributed by atoms with Crippen molar-refractivity contribution in [1.29, 1.82) is 0 Å². The SMILES string of the molecule is CC(C)[Si](C(C)C)(C(C)C)n1ccc2c([C@@H](O)[C@H]3CCCN(Cc4ccccc4)C3)c(Cl)cnc21. The molecule has 4 rings (SSSR count). The normalized spacial score (nSPS) is 18.8. The molecular formula is C29H42ClN3OSi. The van der Waals surface area contributed by atoms with E-state index in [9.17, 15) is 5.11 Å². The zero-order valence-electron chi connectivity index (χ0n) is 22.2. The van der Waals surface area contributed by atoms with Crippen LogP contribution in [0.4, 0.5) is 0 Å². The van der Waals surface area contributed by atoms with E-state index in [4.69, 9.17) is 16.6 Å². The van der Waals surface area contributed by atoms with Gasteiger partial charge in [-0.1, -0.05) is 83.5 Å². The Morgan fingerprint density at radius 3 is 2.31 bits per heavy atom. The minimum absolute atomic E-state index is 0.154. The molecule has 1 fully saturated rings. The highest BCUT2D eigenvalue weighted by molar-refractivity contribution is 6.82. The van der Waals surface area contributed by atoms with Crippen LogP contribution in [0.3, 0.4) is 0 Å². The van der Waals surface area contributed by atoms with E-state index in [2.05, 4.69) is 93.3 Å². The average Bonchev–Trinajstić information content (AvgIpc) is 3.23. The van der Waals surface area contributed by atoms with Crippen molar-refractivity contribution in [3.05, 3.63) is 64.9 Å². The van der Waals surface area contributed by atoms with Crippen molar-refractivity contribution in [3.8, 4) is 0 Å². The van der Waals surface area contributed by atoms with E-state index in [-0.39, 0.29) is 5.92 Å².